The van der Waals surface area contributed by atoms with Gasteiger partial charge in [0.15, 0.2) is 0 Å². The van der Waals surface area contributed by atoms with Crippen LogP contribution in [0.25, 0.3) is 0 Å². The Morgan fingerprint density at radius 3 is 2.71 bits per heavy atom. The lowest BCUT2D eigenvalue weighted by molar-refractivity contribution is 0.403. The van der Waals surface area contributed by atoms with Crippen LogP contribution >= 0.6 is 0 Å². The van der Waals surface area contributed by atoms with Crippen molar-refractivity contribution < 1.29 is 4.74 Å². The number of benzene rings is 1. The molecule has 5 nitrogen and oxygen atoms in total. The average Bonchev–Trinajstić information content (AvgIpc) is 2.78. The SMILES string of the molecule is CNC(c1ccccc1OC)c1ncnn1C. The quantitative estimate of drug-likeness (QED) is 0.858. The van der Waals surface area contributed by atoms with Crippen LogP contribution in [0, 0.1) is 0 Å². The Kier molecular flexibility index (Phi) is 3.39. The van der Waals surface area contributed by atoms with E-state index in [9.17, 15) is 0 Å². The molecule has 1 atom stereocenters. The molecule has 0 radical (unpaired) electrons. The molecule has 1 aromatic heterocycles. The van der Waals surface area contributed by atoms with Gasteiger partial charge in [-0.1, -0.05) is 18.2 Å². The summed E-state index contributed by atoms with van der Waals surface area (Å²) in [5.74, 6) is 1.70. The fourth-order valence-corrected chi connectivity index (χ4v) is 1.90. The largest absolute Gasteiger partial charge is 0.496 e. The lowest BCUT2D eigenvalue weighted by Crippen LogP contribution is -2.22. The van der Waals surface area contributed by atoms with Crippen molar-refractivity contribution in [3.63, 3.8) is 0 Å². The maximum atomic E-state index is 5.37. The minimum absolute atomic E-state index is 0.0290. The molecule has 0 aliphatic heterocycles. The van der Waals surface area contributed by atoms with Crippen LogP contribution in [-0.2, 0) is 7.05 Å². The number of para-hydroxylation sites is 1. The van der Waals surface area contributed by atoms with Crippen molar-refractivity contribution >= 4 is 0 Å². The first-order chi connectivity index (χ1) is 8.27. The number of nitrogens with one attached hydrogen (secondary N) is 1. The fraction of sp³-hybridized carbons (Fsp3) is 0.333. The summed E-state index contributed by atoms with van der Waals surface area (Å²) in [5, 5.41) is 7.32. The van der Waals surface area contributed by atoms with Crippen LogP contribution in [0.15, 0.2) is 30.6 Å². The van der Waals surface area contributed by atoms with Crippen LogP contribution in [0.4, 0.5) is 0 Å². The number of nitrogens with zero attached hydrogens (tertiary/aromatic N) is 3. The van der Waals surface area contributed by atoms with Crippen molar-refractivity contribution in [1.29, 1.82) is 0 Å². The van der Waals surface area contributed by atoms with Crippen LogP contribution in [0.3, 0.4) is 0 Å². The zero-order valence-corrected chi connectivity index (χ0v) is 10.2. The predicted molar refractivity (Wildman–Crippen MR) is 64.9 cm³/mol. The molecule has 0 fully saturated rings. The normalized spacial score (nSPS) is 12.4. The minimum atomic E-state index is -0.0290. The zero-order valence-electron chi connectivity index (χ0n) is 10.2. The standard InChI is InChI=1S/C12H16N4O/c1-13-11(12-14-8-15-16(12)2)9-6-4-5-7-10(9)17-3/h4-8,11,13H,1-3H3. The van der Waals surface area contributed by atoms with Crippen molar-refractivity contribution in [1.82, 2.24) is 20.1 Å². The Labute approximate surface area is 100 Å². The van der Waals surface area contributed by atoms with Gasteiger partial charge < -0.3 is 10.1 Å². The molecule has 0 bridgehead atoms. The molecule has 1 heterocycles. The highest BCUT2D eigenvalue weighted by atomic mass is 16.5. The molecule has 17 heavy (non-hydrogen) atoms. The van der Waals surface area contributed by atoms with Crippen LogP contribution in [0.1, 0.15) is 17.4 Å². The van der Waals surface area contributed by atoms with Crippen LogP contribution in [-0.4, -0.2) is 28.9 Å². The number of hydrogen-bond acceptors (Lipinski definition) is 4. The Morgan fingerprint density at radius 2 is 2.12 bits per heavy atom. The van der Waals surface area contributed by atoms with E-state index in [0.29, 0.717) is 0 Å². The summed E-state index contributed by atoms with van der Waals surface area (Å²) in [6.45, 7) is 0. The molecule has 1 aromatic carbocycles. The molecular formula is C12H16N4O. The van der Waals surface area contributed by atoms with Crippen molar-refractivity contribution in [2.75, 3.05) is 14.2 Å². The molecule has 0 amide bonds. The number of aryl methyl sites for hydroxylation is 1. The van der Waals surface area contributed by atoms with E-state index in [1.807, 2.05) is 38.4 Å². The summed E-state index contributed by atoms with van der Waals surface area (Å²) in [5.41, 5.74) is 1.05. The summed E-state index contributed by atoms with van der Waals surface area (Å²) in [7, 11) is 5.44. The molecule has 2 aromatic rings. The van der Waals surface area contributed by atoms with Gasteiger partial charge in [0.05, 0.1) is 13.2 Å². The first-order valence-electron chi connectivity index (χ1n) is 5.42. The maximum absolute atomic E-state index is 5.37. The predicted octanol–water partition coefficient (Wildman–Crippen LogP) is 1.13. The van der Waals surface area contributed by atoms with Gasteiger partial charge in [0.25, 0.3) is 0 Å². The van der Waals surface area contributed by atoms with E-state index in [4.69, 9.17) is 4.74 Å². The Balaban J connectivity index is 2.46. The van der Waals surface area contributed by atoms with E-state index in [1.165, 1.54) is 0 Å². The number of hydrogen-bond donors (Lipinski definition) is 1. The second-order valence-electron chi connectivity index (χ2n) is 3.71. The van der Waals surface area contributed by atoms with Crippen molar-refractivity contribution in [2.45, 2.75) is 6.04 Å². The van der Waals surface area contributed by atoms with E-state index < -0.39 is 0 Å². The van der Waals surface area contributed by atoms with E-state index >= 15 is 0 Å². The van der Waals surface area contributed by atoms with Crippen molar-refractivity contribution in [2.24, 2.45) is 7.05 Å². The molecule has 0 aliphatic rings. The van der Waals surface area contributed by atoms with Crippen LogP contribution in [0.5, 0.6) is 5.75 Å². The fourth-order valence-electron chi connectivity index (χ4n) is 1.90. The molecule has 0 saturated heterocycles. The summed E-state index contributed by atoms with van der Waals surface area (Å²) < 4.78 is 7.13. The van der Waals surface area contributed by atoms with Gasteiger partial charge in [-0.15, -0.1) is 0 Å². The molecule has 90 valence electrons. The topological polar surface area (TPSA) is 52.0 Å². The first kappa shape index (κ1) is 11.6. The Hall–Kier alpha value is -1.88. The second kappa shape index (κ2) is 4.97. The highest BCUT2D eigenvalue weighted by molar-refractivity contribution is 5.38. The molecule has 0 spiro atoms. The molecule has 2 rings (SSSR count). The van der Waals surface area contributed by atoms with Gasteiger partial charge in [-0.25, -0.2) is 4.98 Å². The molecular weight excluding hydrogens is 216 g/mol. The van der Waals surface area contributed by atoms with E-state index in [0.717, 1.165) is 17.1 Å². The van der Waals surface area contributed by atoms with Crippen molar-refractivity contribution in [3.8, 4) is 5.75 Å². The highest BCUT2D eigenvalue weighted by Crippen LogP contribution is 2.27. The van der Waals surface area contributed by atoms with Gasteiger partial charge >= 0.3 is 0 Å². The third kappa shape index (κ3) is 2.14. The lowest BCUT2D eigenvalue weighted by Gasteiger charge is -2.18. The van der Waals surface area contributed by atoms with Gasteiger partial charge in [-0.3, -0.25) is 4.68 Å². The van der Waals surface area contributed by atoms with Crippen LogP contribution < -0.4 is 10.1 Å². The van der Waals surface area contributed by atoms with Gasteiger partial charge in [0.1, 0.15) is 17.9 Å². The maximum Gasteiger partial charge on any atom is 0.148 e. The molecule has 0 aliphatic carbocycles. The Bertz CT molecular complexity index is 495. The van der Waals surface area contributed by atoms with Gasteiger partial charge in [0.2, 0.25) is 0 Å². The number of ether oxygens (including phenoxy) is 1. The van der Waals surface area contributed by atoms with Crippen LogP contribution in [0.2, 0.25) is 0 Å². The summed E-state index contributed by atoms with van der Waals surface area (Å²) >= 11 is 0. The van der Waals surface area contributed by atoms with Gasteiger partial charge in [0, 0.05) is 12.6 Å². The Morgan fingerprint density at radius 1 is 1.35 bits per heavy atom. The lowest BCUT2D eigenvalue weighted by atomic mass is 10.1. The number of aromatic nitrogens is 3. The highest BCUT2D eigenvalue weighted by Gasteiger charge is 2.20. The van der Waals surface area contributed by atoms with E-state index in [2.05, 4.69) is 15.4 Å². The molecule has 1 unspecified atom stereocenters. The third-order valence-electron chi connectivity index (χ3n) is 2.74. The smallest absolute Gasteiger partial charge is 0.148 e. The summed E-state index contributed by atoms with van der Waals surface area (Å²) in [6.07, 6.45) is 1.55. The van der Waals surface area contributed by atoms with Gasteiger partial charge in [-0.05, 0) is 13.1 Å². The van der Waals surface area contributed by atoms with Crippen molar-refractivity contribution in [3.05, 3.63) is 42.0 Å². The first-order valence-corrected chi connectivity index (χ1v) is 5.42. The number of rotatable bonds is 4. The monoisotopic (exact) mass is 232 g/mol. The summed E-state index contributed by atoms with van der Waals surface area (Å²) in [6, 6.07) is 7.87. The molecule has 5 heteroatoms. The average molecular weight is 232 g/mol. The van der Waals surface area contributed by atoms with E-state index in [-0.39, 0.29) is 6.04 Å². The molecule has 1 N–H and O–H groups in total. The van der Waals surface area contributed by atoms with E-state index in [1.54, 1.807) is 18.1 Å². The summed E-state index contributed by atoms with van der Waals surface area (Å²) in [4.78, 5) is 4.27. The second-order valence-corrected chi connectivity index (χ2v) is 3.71. The zero-order chi connectivity index (χ0) is 12.3. The third-order valence-corrected chi connectivity index (χ3v) is 2.74. The molecule has 0 saturated carbocycles. The minimum Gasteiger partial charge on any atom is -0.496 e. The number of methoxy groups -OCH3 is 1. The van der Waals surface area contributed by atoms with Gasteiger partial charge in [-0.2, -0.15) is 5.10 Å².